The maximum Gasteiger partial charge on any atom is 0.310 e. The summed E-state index contributed by atoms with van der Waals surface area (Å²) in [4.78, 5) is 22.4. The van der Waals surface area contributed by atoms with Crippen LogP contribution in [0.4, 0.5) is 0 Å². The number of ether oxygens (including phenoxy) is 1. The Morgan fingerprint density at radius 3 is 2.86 bits per heavy atom. The van der Waals surface area contributed by atoms with Crippen molar-refractivity contribution in [1.82, 2.24) is 0 Å². The van der Waals surface area contributed by atoms with Crippen LogP contribution in [-0.4, -0.2) is 23.7 Å². The lowest BCUT2D eigenvalue weighted by Crippen LogP contribution is -2.41. The van der Waals surface area contributed by atoms with E-state index in [-0.39, 0.29) is 30.3 Å². The Labute approximate surface area is 82.2 Å². The molecule has 1 N–H and O–H groups in total. The van der Waals surface area contributed by atoms with Gasteiger partial charge in [0.2, 0.25) is 0 Å². The summed E-state index contributed by atoms with van der Waals surface area (Å²) < 4.78 is 4.92. The van der Waals surface area contributed by atoms with Gasteiger partial charge in [0.25, 0.3) is 0 Å². The average molecular weight is 198 g/mol. The zero-order valence-electron chi connectivity index (χ0n) is 8.10. The van der Waals surface area contributed by atoms with Gasteiger partial charge in [-0.2, -0.15) is 0 Å². The van der Waals surface area contributed by atoms with E-state index in [1.54, 1.807) is 0 Å². The number of hydrogen-bond acceptors (Lipinski definition) is 3. The quantitative estimate of drug-likeness (QED) is 0.636. The molecular weight excluding hydrogens is 184 g/mol. The zero-order valence-corrected chi connectivity index (χ0v) is 8.10. The molecule has 2 rings (SSSR count). The summed E-state index contributed by atoms with van der Waals surface area (Å²) in [5, 5.41) is 8.97. The van der Waals surface area contributed by atoms with Crippen LogP contribution in [0, 0.1) is 23.7 Å². The molecule has 4 atom stereocenters. The molecule has 2 fully saturated rings. The molecule has 0 aromatic rings. The van der Waals surface area contributed by atoms with Gasteiger partial charge in [0.15, 0.2) is 0 Å². The number of rotatable bonds is 1. The van der Waals surface area contributed by atoms with Crippen LogP contribution in [-0.2, 0) is 14.3 Å². The number of carbonyl (C=O) groups excluding carboxylic acids is 1. The normalized spacial score (nSPS) is 41.6. The Bertz CT molecular complexity index is 273. The molecule has 2 aliphatic rings. The predicted octanol–water partition coefficient (Wildman–Crippen LogP) is 0.906. The number of hydrogen-bond donors (Lipinski definition) is 1. The lowest BCUT2D eigenvalue weighted by molar-refractivity contribution is -0.168. The first-order valence-electron chi connectivity index (χ1n) is 5.00. The third-order valence-electron chi connectivity index (χ3n) is 3.54. The first-order chi connectivity index (χ1) is 6.61. The molecule has 0 aromatic heterocycles. The van der Waals surface area contributed by atoms with Gasteiger partial charge < -0.3 is 9.84 Å². The molecule has 3 unspecified atom stereocenters. The average Bonchev–Trinajstić information content (AvgIpc) is 2.49. The number of aliphatic carboxylic acids is 1. The molecule has 1 saturated carbocycles. The fraction of sp³-hybridized carbons (Fsp3) is 0.800. The molecular formula is C10H14O4. The molecule has 0 aromatic carbocycles. The van der Waals surface area contributed by atoms with Gasteiger partial charge in [-0.25, -0.2) is 0 Å². The molecule has 1 saturated heterocycles. The highest BCUT2D eigenvalue weighted by atomic mass is 16.5. The minimum atomic E-state index is -0.832. The summed E-state index contributed by atoms with van der Waals surface area (Å²) in [6.07, 6.45) is 1.78. The van der Waals surface area contributed by atoms with Crippen LogP contribution in [0.2, 0.25) is 0 Å². The monoisotopic (exact) mass is 198 g/mol. The maximum absolute atomic E-state index is 11.4. The smallest absolute Gasteiger partial charge is 0.310 e. The number of carbonyl (C=O) groups is 2. The summed E-state index contributed by atoms with van der Waals surface area (Å²) in [5.74, 6) is -1.41. The minimum Gasteiger partial charge on any atom is -0.481 e. The molecule has 0 amide bonds. The SMILES string of the molecule is C[C@H]1CCC2C(C(=O)O)COC(=O)C21. The van der Waals surface area contributed by atoms with Crippen LogP contribution in [0.5, 0.6) is 0 Å². The Morgan fingerprint density at radius 2 is 2.21 bits per heavy atom. The highest BCUT2D eigenvalue weighted by Crippen LogP contribution is 2.44. The van der Waals surface area contributed by atoms with E-state index in [1.807, 2.05) is 6.92 Å². The van der Waals surface area contributed by atoms with Crippen LogP contribution >= 0.6 is 0 Å². The number of cyclic esters (lactones) is 1. The zero-order chi connectivity index (χ0) is 10.3. The van der Waals surface area contributed by atoms with Gasteiger partial charge in [0.1, 0.15) is 6.61 Å². The first-order valence-corrected chi connectivity index (χ1v) is 5.00. The third kappa shape index (κ3) is 1.29. The van der Waals surface area contributed by atoms with E-state index < -0.39 is 11.9 Å². The standard InChI is InChI=1S/C10H14O4/c1-5-2-3-6-7(9(11)12)4-14-10(13)8(5)6/h5-8H,2-4H2,1H3,(H,11,12)/t5-,6?,7?,8?/m0/s1. The Morgan fingerprint density at radius 1 is 1.50 bits per heavy atom. The van der Waals surface area contributed by atoms with E-state index in [9.17, 15) is 9.59 Å². The summed E-state index contributed by atoms with van der Waals surface area (Å²) in [5.41, 5.74) is 0. The van der Waals surface area contributed by atoms with Gasteiger partial charge in [0, 0.05) is 0 Å². The van der Waals surface area contributed by atoms with Crippen LogP contribution < -0.4 is 0 Å². The van der Waals surface area contributed by atoms with E-state index in [1.165, 1.54) is 0 Å². The molecule has 1 aliphatic heterocycles. The van der Waals surface area contributed by atoms with Crippen molar-refractivity contribution in [3.05, 3.63) is 0 Å². The van der Waals surface area contributed by atoms with E-state index >= 15 is 0 Å². The second-order valence-corrected chi connectivity index (χ2v) is 4.32. The third-order valence-corrected chi connectivity index (χ3v) is 3.54. The number of carboxylic acid groups (broad SMARTS) is 1. The number of fused-ring (bicyclic) bond motifs is 1. The maximum atomic E-state index is 11.4. The summed E-state index contributed by atoms with van der Waals surface area (Å²) >= 11 is 0. The van der Waals surface area contributed by atoms with Crippen molar-refractivity contribution in [1.29, 1.82) is 0 Å². The van der Waals surface area contributed by atoms with Crippen molar-refractivity contribution >= 4 is 11.9 Å². The van der Waals surface area contributed by atoms with Crippen LogP contribution in [0.25, 0.3) is 0 Å². The van der Waals surface area contributed by atoms with E-state index in [0.29, 0.717) is 0 Å². The van der Waals surface area contributed by atoms with Crippen LogP contribution in [0.1, 0.15) is 19.8 Å². The lowest BCUT2D eigenvalue weighted by Gasteiger charge is -2.31. The van der Waals surface area contributed by atoms with Crippen molar-refractivity contribution in [3.63, 3.8) is 0 Å². The van der Waals surface area contributed by atoms with E-state index in [4.69, 9.17) is 9.84 Å². The number of carboxylic acids is 1. The Balaban J connectivity index is 2.21. The van der Waals surface area contributed by atoms with Crippen molar-refractivity contribution in [2.45, 2.75) is 19.8 Å². The van der Waals surface area contributed by atoms with E-state index in [0.717, 1.165) is 12.8 Å². The largest absolute Gasteiger partial charge is 0.481 e. The summed E-state index contributed by atoms with van der Waals surface area (Å²) in [6.45, 7) is 2.05. The van der Waals surface area contributed by atoms with Gasteiger partial charge in [-0.15, -0.1) is 0 Å². The van der Waals surface area contributed by atoms with Gasteiger partial charge in [-0.05, 0) is 24.7 Å². The minimum absolute atomic E-state index is 0.00347. The second-order valence-electron chi connectivity index (χ2n) is 4.32. The Hall–Kier alpha value is -1.06. The highest BCUT2D eigenvalue weighted by molar-refractivity contribution is 5.79. The fourth-order valence-electron chi connectivity index (χ4n) is 2.74. The van der Waals surface area contributed by atoms with Gasteiger partial charge in [-0.1, -0.05) is 6.92 Å². The van der Waals surface area contributed by atoms with Crippen LogP contribution in [0.3, 0.4) is 0 Å². The van der Waals surface area contributed by atoms with Crippen molar-refractivity contribution in [2.24, 2.45) is 23.7 Å². The molecule has 1 heterocycles. The highest BCUT2D eigenvalue weighted by Gasteiger charge is 2.49. The molecule has 78 valence electrons. The van der Waals surface area contributed by atoms with Crippen molar-refractivity contribution in [3.8, 4) is 0 Å². The topological polar surface area (TPSA) is 63.6 Å². The molecule has 0 spiro atoms. The summed E-state index contributed by atoms with van der Waals surface area (Å²) in [7, 11) is 0. The van der Waals surface area contributed by atoms with Gasteiger partial charge >= 0.3 is 11.9 Å². The van der Waals surface area contributed by atoms with Crippen LogP contribution in [0.15, 0.2) is 0 Å². The molecule has 0 radical (unpaired) electrons. The van der Waals surface area contributed by atoms with E-state index in [2.05, 4.69) is 0 Å². The Kier molecular flexibility index (Phi) is 2.21. The molecule has 4 nitrogen and oxygen atoms in total. The molecule has 4 heteroatoms. The fourth-order valence-corrected chi connectivity index (χ4v) is 2.74. The molecule has 1 aliphatic carbocycles. The molecule has 0 bridgehead atoms. The lowest BCUT2D eigenvalue weighted by atomic mass is 9.80. The second kappa shape index (κ2) is 3.26. The van der Waals surface area contributed by atoms with Crippen molar-refractivity contribution < 1.29 is 19.4 Å². The summed E-state index contributed by atoms with van der Waals surface area (Å²) in [6, 6.07) is 0. The van der Waals surface area contributed by atoms with Gasteiger partial charge in [-0.3, -0.25) is 9.59 Å². The number of esters is 1. The first kappa shape index (κ1) is 9.49. The molecule has 14 heavy (non-hydrogen) atoms. The van der Waals surface area contributed by atoms with Crippen molar-refractivity contribution in [2.75, 3.05) is 6.61 Å². The predicted molar refractivity (Wildman–Crippen MR) is 47.5 cm³/mol. The van der Waals surface area contributed by atoms with Gasteiger partial charge in [0.05, 0.1) is 11.8 Å².